The molecule has 0 bridgehead atoms. The second-order valence-corrected chi connectivity index (χ2v) is 10.2. The molecule has 1 fully saturated rings. The second-order valence-electron chi connectivity index (χ2n) is 10.2. The summed E-state index contributed by atoms with van der Waals surface area (Å²) in [6.07, 6.45) is 3.12. The molecule has 0 radical (unpaired) electrons. The van der Waals surface area contributed by atoms with E-state index in [1.54, 1.807) is 0 Å². The highest BCUT2D eigenvalue weighted by molar-refractivity contribution is 5.92. The Morgan fingerprint density at radius 1 is 1.06 bits per heavy atom. The Hall–Kier alpha value is -2.66. The van der Waals surface area contributed by atoms with Crippen molar-refractivity contribution in [2.75, 3.05) is 18.4 Å². The van der Waals surface area contributed by atoms with Gasteiger partial charge in [-0.1, -0.05) is 64.1 Å². The molecule has 3 atom stereocenters. The number of piperidine rings is 1. The number of hydrogen-bond donors (Lipinski definition) is 2. The minimum absolute atomic E-state index is 0.0407. The van der Waals surface area contributed by atoms with Crippen molar-refractivity contribution in [1.82, 2.24) is 4.90 Å². The van der Waals surface area contributed by atoms with Crippen LogP contribution in [0.2, 0.25) is 0 Å². The minimum atomic E-state index is -0.285. The number of carbonyl (C=O) groups excluding carboxylic acids is 2. The number of nitrogens with one attached hydrogen (secondary N) is 1. The van der Waals surface area contributed by atoms with Crippen molar-refractivity contribution in [1.29, 1.82) is 0 Å². The molecule has 5 nitrogen and oxygen atoms in total. The van der Waals surface area contributed by atoms with Crippen molar-refractivity contribution in [3.8, 4) is 0 Å². The van der Waals surface area contributed by atoms with Crippen LogP contribution in [-0.2, 0) is 9.59 Å². The van der Waals surface area contributed by atoms with E-state index in [2.05, 4.69) is 43.1 Å². The van der Waals surface area contributed by atoms with Crippen LogP contribution in [0.4, 0.5) is 5.69 Å². The number of anilines is 1. The Bertz CT molecular complexity index is 965. The van der Waals surface area contributed by atoms with Crippen LogP contribution in [0.25, 0.3) is 0 Å². The third-order valence-corrected chi connectivity index (χ3v) is 7.53. The molecule has 3 unspecified atom stereocenters. The molecule has 5 heteroatoms. The number of benzene rings is 2. The van der Waals surface area contributed by atoms with Crippen LogP contribution in [0.5, 0.6) is 0 Å². The summed E-state index contributed by atoms with van der Waals surface area (Å²) in [6, 6.07) is 16.5. The van der Waals surface area contributed by atoms with Gasteiger partial charge in [0, 0.05) is 17.6 Å². The van der Waals surface area contributed by atoms with Gasteiger partial charge in [-0.3, -0.25) is 9.59 Å². The molecule has 184 valence electrons. The lowest BCUT2D eigenvalue weighted by Crippen LogP contribution is -2.47. The highest BCUT2D eigenvalue weighted by Gasteiger charge is 2.35. The predicted molar refractivity (Wildman–Crippen MR) is 140 cm³/mol. The molecule has 1 aliphatic rings. The Balaban J connectivity index is 1.70. The van der Waals surface area contributed by atoms with Gasteiger partial charge in [0.1, 0.15) is 0 Å². The molecule has 34 heavy (non-hydrogen) atoms. The lowest BCUT2D eigenvalue weighted by Gasteiger charge is -2.42. The van der Waals surface area contributed by atoms with Crippen LogP contribution in [0, 0.1) is 18.8 Å². The molecule has 2 aromatic carbocycles. The number of carbonyl (C=O) groups is 2. The third kappa shape index (κ3) is 6.06. The number of rotatable bonds is 9. The van der Waals surface area contributed by atoms with E-state index in [4.69, 9.17) is 5.73 Å². The first kappa shape index (κ1) is 26.0. The van der Waals surface area contributed by atoms with Gasteiger partial charge in [0.15, 0.2) is 0 Å². The smallest absolute Gasteiger partial charge is 0.226 e. The molecule has 0 spiro atoms. The van der Waals surface area contributed by atoms with E-state index in [9.17, 15) is 9.59 Å². The summed E-state index contributed by atoms with van der Waals surface area (Å²) in [5.74, 6) is 0.0852. The van der Waals surface area contributed by atoms with Crippen molar-refractivity contribution < 1.29 is 9.59 Å². The van der Waals surface area contributed by atoms with E-state index in [1.165, 1.54) is 11.1 Å². The van der Waals surface area contributed by atoms with Crippen LogP contribution in [0.15, 0.2) is 48.5 Å². The van der Waals surface area contributed by atoms with Crippen molar-refractivity contribution in [2.45, 2.75) is 71.8 Å². The first-order chi connectivity index (χ1) is 16.2. The molecule has 2 amide bonds. The standard InChI is InChI=1S/C29H41N3O2/c1-6-26(21(5)27(28(30)33)23-10-8-7-9-11-23)32-16-14-22(15-17-32)25-18-24(13-12-20(25)4)31-29(34)19(2)3/h7-13,18-19,21-22,26-27H,6,14-17H2,1-5H3,(H2,30,33)(H,31,34). The summed E-state index contributed by atoms with van der Waals surface area (Å²) in [4.78, 5) is 27.2. The van der Waals surface area contributed by atoms with Crippen LogP contribution >= 0.6 is 0 Å². The second kappa shape index (κ2) is 11.7. The molecule has 0 saturated carbocycles. The molecule has 0 aromatic heterocycles. The number of likely N-dealkylation sites (tertiary alicyclic amines) is 1. The highest BCUT2D eigenvalue weighted by Crippen LogP contribution is 2.36. The lowest BCUT2D eigenvalue weighted by atomic mass is 9.79. The summed E-state index contributed by atoms with van der Waals surface area (Å²) in [5, 5.41) is 3.04. The van der Waals surface area contributed by atoms with Gasteiger partial charge < -0.3 is 16.0 Å². The van der Waals surface area contributed by atoms with Crippen LogP contribution < -0.4 is 11.1 Å². The molecule has 1 saturated heterocycles. The fourth-order valence-corrected chi connectivity index (χ4v) is 5.56. The van der Waals surface area contributed by atoms with Crippen molar-refractivity contribution in [3.05, 3.63) is 65.2 Å². The largest absolute Gasteiger partial charge is 0.369 e. The number of nitrogens with zero attached hydrogens (tertiary/aromatic N) is 1. The number of amides is 2. The fourth-order valence-electron chi connectivity index (χ4n) is 5.56. The van der Waals surface area contributed by atoms with E-state index >= 15 is 0 Å². The van der Waals surface area contributed by atoms with Crippen molar-refractivity contribution in [2.24, 2.45) is 17.6 Å². The zero-order valence-electron chi connectivity index (χ0n) is 21.4. The molecule has 1 aliphatic heterocycles. The zero-order valence-corrected chi connectivity index (χ0v) is 21.4. The monoisotopic (exact) mass is 463 g/mol. The average molecular weight is 464 g/mol. The maximum absolute atomic E-state index is 12.4. The zero-order chi connectivity index (χ0) is 24.8. The van der Waals surface area contributed by atoms with Gasteiger partial charge in [0.25, 0.3) is 0 Å². The maximum Gasteiger partial charge on any atom is 0.226 e. The summed E-state index contributed by atoms with van der Waals surface area (Å²) in [6.45, 7) is 12.3. The number of hydrogen-bond acceptors (Lipinski definition) is 3. The lowest BCUT2D eigenvalue weighted by molar-refractivity contribution is -0.121. The Morgan fingerprint density at radius 2 is 1.71 bits per heavy atom. The Labute approximate surface area is 205 Å². The van der Waals surface area contributed by atoms with Crippen LogP contribution in [-0.4, -0.2) is 35.8 Å². The predicted octanol–water partition coefficient (Wildman–Crippen LogP) is 5.45. The molecule has 2 aromatic rings. The average Bonchev–Trinajstić information content (AvgIpc) is 2.82. The normalized spacial score (nSPS) is 17.8. The third-order valence-electron chi connectivity index (χ3n) is 7.53. The quantitative estimate of drug-likeness (QED) is 0.519. The Morgan fingerprint density at radius 3 is 2.26 bits per heavy atom. The molecule has 3 N–H and O–H groups in total. The molecular weight excluding hydrogens is 422 g/mol. The fraction of sp³-hybridized carbons (Fsp3) is 0.517. The first-order valence-corrected chi connectivity index (χ1v) is 12.7. The molecular formula is C29H41N3O2. The summed E-state index contributed by atoms with van der Waals surface area (Å²) >= 11 is 0. The minimum Gasteiger partial charge on any atom is -0.369 e. The SMILES string of the molecule is CCC(C(C)C(C(N)=O)c1ccccc1)N1CCC(c2cc(NC(=O)C(C)C)ccc2C)CC1. The van der Waals surface area contributed by atoms with Gasteiger partial charge in [-0.05, 0) is 79.9 Å². The van der Waals surface area contributed by atoms with E-state index < -0.39 is 0 Å². The Kier molecular flexibility index (Phi) is 8.90. The van der Waals surface area contributed by atoms with Crippen molar-refractivity contribution >= 4 is 17.5 Å². The first-order valence-electron chi connectivity index (χ1n) is 12.7. The van der Waals surface area contributed by atoms with Gasteiger partial charge in [-0.15, -0.1) is 0 Å². The van der Waals surface area contributed by atoms with E-state index in [1.807, 2.05) is 50.2 Å². The summed E-state index contributed by atoms with van der Waals surface area (Å²) < 4.78 is 0. The summed E-state index contributed by atoms with van der Waals surface area (Å²) in [5.41, 5.74) is 10.4. The maximum atomic E-state index is 12.4. The number of aryl methyl sites for hydroxylation is 1. The van der Waals surface area contributed by atoms with Crippen molar-refractivity contribution in [3.63, 3.8) is 0 Å². The molecule has 1 heterocycles. The van der Waals surface area contributed by atoms with Gasteiger partial charge in [0.05, 0.1) is 5.92 Å². The van der Waals surface area contributed by atoms with Gasteiger partial charge in [0.2, 0.25) is 11.8 Å². The van der Waals surface area contributed by atoms with Gasteiger partial charge in [-0.2, -0.15) is 0 Å². The highest BCUT2D eigenvalue weighted by atomic mass is 16.2. The molecule has 0 aliphatic carbocycles. The van der Waals surface area contributed by atoms with Gasteiger partial charge in [-0.25, -0.2) is 0 Å². The van der Waals surface area contributed by atoms with E-state index in [-0.39, 0.29) is 29.6 Å². The number of nitrogens with two attached hydrogens (primary N) is 1. The van der Waals surface area contributed by atoms with E-state index in [0.717, 1.165) is 43.6 Å². The number of primary amides is 1. The summed E-state index contributed by atoms with van der Waals surface area (Å²) in [7, 11) is 0. The molecule has 3 rings (SSSR count). The topological polar surface area (TPSA) is 75.4 Å². The van der Waals surface area contributed by atoms with Crippen LogP contribution in [0.1, 0.15) is 75.5 Å². The van der Waals surface area contributed by atoms with Crippen LogP contribution in [0.3, 0.4) is 0 Å². The van der Waals surface area contributed by atoms with E-state index in [0.29, 0.717) is 12.0 Å². The van der Waals surface area contributed by atoms with Gasteiger partial charge >= 0.3 is 0 Å².